The molecule has 0 amide bonds. The van der Waals surface area contributed by atoms with Gasteiger partial charge in [0.15, 0.2) is 0 Å². The Balaban J connectivity index is 0.924. The van der Waals surface area contributed by atoms with E-state index < -0.39 is 5.41 Å². The first kappa shape index (κ1) is 38.2. The Hall–Kier alpha value is -8.46. The summed E-state index contributed by atoms with van der Waals surface area (Å²) < 4.78 is 2.35. The molecule has 0 saturated carbocycles. The molecule has 12 rings (SSSR count). The molecule has 2 aliphatic rings. The lowest BCUT2D eigenvalue weighted by atomic mass is 9.70. The molecule has 1 spiro atoms. The molecule has 2 heteroatoms. The Bertz CT molecular complexity index is 3430. The average Bonchev–Trinajstić information content (AvgIpc) is 4.03. The van der Waals surface area contributed by atoms with Gasteiger partial charge in [0.05, 0.1) is 10.9 Å². The predicted octanol–water partition coefficient (Wildman–Crippen LogP) is 16.0. The molecule has 306 valence electrons. The number of benzene rings is 9. The van der Waals surface area contributed by atoms with Crippen LogP contribution in [0.15, 0.2) is 255 Å². The molecule has 10 aromatic rings. The highest BCUT2D eigenvalue weighted by Crippen LogP contribution is 2.63. The zero-order valence-electron chi connectivity index (χ0n) is 35.8. The van der Waals surface area contributed by atoms with Crippen LogP contribution in [0.4, 0.5) is 5.69 Å². The molecular formula is C63H44N2. The van der Waals surface area contributed by atoms with E-state index >= 15 is 0 Å². The third-order valence-corrected chi connectivity index (χ3v) is 13.3. The molecule has 9 aromatic carbocycles. The SMILES string of the molecule is C(=C/c1ccc2c(c1)C1(c3ccccc3-c3ccccc31)c1cc(-n3ccc4cc(-c5ccccc5)ccc43)ccc1-2)/C(=C\C=C\Nc1ccc(-c2ccccc2)cc1)c1ccccc1. The van der Waals surface area contributed by atoms with Gasteiger partial charge in [-0.15, -0.1) is 0 Å². The van der Waals surface area contributed by atoms with Crippen molar-refractivity contribution in [2.24, 2.45) is 0 Å². The van der Waals surface area contributed by atoms with Gasteiger partial charge in [-0.05, 0) is 138 Å². The van der Waals surface area contributed by atoms with Crippen LogP contribution in [0.5, 0.6) is 0 Å². The Morgan fingerprint density at radius 1 is 0.446 bits per heavy atom. The highest BCUT2D eigenvalue weighted by Gasteiger charge is 2.51. The van der Waals surface area contributed by atoms with Crippen molar-refractivity contribution in [3.8, 4) is 50.2 Å². The van der Waals surface area contributed by atoms with Crippen LogP contribution in [0.1, 0.15) is 33.4 Å². The van der Waals surface area contributed by atoms with E-state index in [1.165, 1.54) is 77.7 Å². The van der Waals surface area contributed by atoms with Gasteiger partial charge in [0.25, 0.3) is 0 Å². The smallest absolute Gasteiger partial charge is 0.0726 e. The molecule has 0 radical (unpaired) electrons. The van der Waals surface area contributed by atoms with Crippen molar-refractivity contribution >= 4 is 28.2 Å². The summed E-state index contributed by atoms with van der Waals surface area (Å²) in [6.07, 6.45) is 13.0. The first-order valence-corrected chi connectivity index (χ1v) is 22.4. The number of rotatable bonds is 9. The van der Waals surface area contributed by atoms with Gasteiger partial charge in [-0.1, -0.05) is 194 Å². The van der Waals surface area contributed by atoms with Crippen LogP contribution in [-0.2, 0) is 5.41 Å². The zero-order chi connectivity index (χ0) is 43.2. The second-order valence-corrected chi connectivity index (χ2v) is 17.0. The Morgan fingerprint density at radius 2 is 1.02 bits per heavy atom. The van der Waals surface area contributed by atoms with Crippen LogP contribution in [-0.4, -0.2) is 4.57 Å². The van der Waals surface area contributed by atoms with E-state index in [1.807, 2.05) is 12.3 Å². The molecule has 65 heavy (non-hydrogen) atoms. The molecule has 0 bridgehead atoms. The van der Waals surface area contributed by atoms with Crippen molar-refractivity contribution in [2.45, 2.75) is 5.41 Å². The quantitative estimate of drug-likeness (QED) is 0.143. The number of hydrogen-bond donors (Lipinski definition) is 1. The highest BCUT2D eigenvalue weighted by atomic mass is 15.0. The summed E-state index contributed by atoms with van der Waals surface area (Å²) in [5.74, 6) is 0. The second-order valence-electron chi connectivity index (χ2n) is 17.0. The highest BCUT2D eigenvalue weighted by molar-refractivity contribution is 5.96. The van der Waals surface area contributed by atoms with E-state index in [0.29, 0.717) is 0 Å². The molecule has 1 aromatic heterocycles. The molecule has 2 aliphatic carbocycles. The van der Waals surface area contributed by atoms with Gasteiger partial charge in [0.1, 0.15) is 0 Å². The predicted molar refractivity (Wildman–Crippen MR) is 273 cm³/mol. The van der Waals surface area contributed by atoms with Crippen molar-refractivity contribution in [1.29, 1.82) is 0 Å². The van der Waals surface area contributed by atoms with E-state index in [4.69, 9.17) is 0 Å². The van der Waals surface area contributed by atoms with Crippen LogP contribution < -0.4 is 5.32 Å². The normalized spacial score (nSPS) is 13.3. The number of nitrogens with zero attached hydrogens (tertiary/aromatic N) is 1. The van der Waals surface area contributed by atoms with Gasteiger partial charge in [-0.3, -0.25) is 0 Å². The molecular weight excluding hydrogens is 785 g/mol. The van der Waals surface area contributed by atoms with Crippen LogP contribution >= 0.6 is 0 Å². The number of fused-ring (bicyclic) bond motifs is 11. The summed E-state index contributed by atoms with van der Waals surface area (Å²) in [6, 6.07) is 81.7. The van der Waals surface area contributed by atoms with E-state index in [0.717, 1.165) is 28.1 Å². The largest absolute Gasteiger partial charge is 0.362 e. The van der Waals surface area contributed by atoms with Crippen molar-refractivity contribution in [3.63, 3.8) is 0 Å². The number of anilines is 1. The second kappa shape index (κ2) is 16.0. The maximum Gasteiger partial charge on any atom is 0.0726 e. The Labute approximate surface area is 380 Å². The molecule has 0 fully saturated rings. The van der Waals surface area contributed by atoms with Crippen molar-refractivity contribution < 1.29 is 0 Å². The molecule has 0 unspecified atom stereocenters. The maximum absolute atomic E-state index is 3.46. The Kier molecular flexibility index (Phi) is 9.43. The molecule has 1 N–H and O–H groups in total. The number of allylic oxidation sites excluding steroid dienone is 4. The van der Waals surface area contributed by atoms with Crippen LogP contribution in [0.25, 0.3) is 72.7 Å². The standard InChI is InChI=1S/C63H44N2/c1-4-15-45(16-5-1)48(21-14-39-64-52-32-29-49(30-33-52)46-17-6-2-7-18-46)28-26-44-27-35-56-57-36-34-53(65-40-38-51-42-50(31-37-62(51)65)47-19-8-3-9-20-47)43-61(57)63(60(56)41-44)58-24-12-10-22-54(58)55-23-11-13-25-59(55)63/h1-43,64H/b28-26-,39-14+,48-21+. The number of aromatic nitrogens is 1. The fraction of sp³-hybridized carbons (Fsp3) is 0.0159. The third-order valence-electron chi connectivity index (χ3n) is 13.3. The van der Waals surface area contributed by atoms with E-state index in [9.17, 15) is 0 Å². The topological polar surface area (TPSA) is 17.0 Å². The third kappa shape index (κ3) is 6.58. The minimum atomic E-state index is -0.479. The van der Waals surface area contributed by atoms with Crippen LogP contribution in [0.3, 0.4) is 0 Å². The monoisotopic (exact) mass is 828 g/mol. The first-order chi connectivity index (χ1) is 32.2. The zero-order valence-corrected chi connectivity index (χ0v) is 35.8. The molecule has 1 heterocycles. The minimum Gasteiger partial charge on any atom is -0.362 e. The molecule has 2 nitrogen and oxygen atoms in total. The Morgan fingerprint density at radius 3 is 1.72 bits per heavy atom. The first-order valence-electron chi connectivity index (χ1n) is 22.4. The van der Waals surface area contributed by atoms with Crippen LogP contribution in [0, 0.1) is 0 Å². The number of nitrogens with one attached hydrogen (secondary N) is 1. The summed E-state index contributed by atoms with van der Waals surface area (Å²) in [5, 5.41) is 4.69. The van der Waals surface area contributed by atoms with Gasteiger partial charge in [0, 0.05) is 29.2 Å². The lowest BCUT2D eigenvalue weighted by molar-refractivity contribution is 0.792. The fourth-order valence-electron chi connectivity index (χ4n) is 10.3. The lowest BCUT2D eigenvalue weighted by Gasteiger charge is -2.31. The van der Waals surface area contributed by atoms with Gasteiger partial charge < -0.3 is 9.88 Å². The summed E-state index contributed by atoms with van der Waals surface area (Å²) in [5.41, 5.74) is 21.7. The van der Waals surface area contributed by atoms with Gasteiger partial charge in [0.2, 0.25) is 0 Å². The summed E-state index contributed by atoms with van der Waals surface area (Å²) in [4.78, 5) is 0. The minimum absolute atomic E-state index is 0.479. The lowest BCUT2D eigenvalue weighted by Crippen LogP contribution is -2.26. The molecule has 0 saturated heterocycles. The summed E-state index contributed by atoms with van der Waals surface area (Å²) in [7, 11) is 0. The van der Waals surface area contributed by atoms with Gasteiger partial charge >= 0.3 is 0 Å². The molecule has 0 atom stereocenters. The van der Waals surface area contributed by atoms with Crippen molar-refractivity contribution in [2.75, 3.05) is 5.32 Å². The van der Waals surface area contributed by atoms with Gasteiger partial charge in [-0.25, -0.2) is 0 Å². The number of hydrogen-bond acceptors (Lipinski definition) is 1. The molecule has 0 aliphatic heterocycles. The van der Waals surface area contributed by atoms with Crippen molar-refractivity contribution in [3.05, 3.63) is 288 Å². The summed E-state index contributed by atoms with van der Waals surface area (Å²) in [6.45, 7) is 0. The van der Waals surface area contributed by atoms with Crippen LogP contribution in [0.2, 0.25) is 0 Å². The maximum atomic E-state index is 3.46. The van der Waals surface area contributed by atoms with E-state index in [1.54, 1.807) is 0 Å². The van der Waals surface area contributed by atoms with E-state index in [2.05, 4.69) is 259 Å². The van der Waals surface area contributed by atoms with Crippen molar-refractivity contribution in [1.82, 2.24) is 4.57 Å². The van der Waals surface area contributed by atoms with Gasteiger partial charge in [-0.2, -0.15) is 0 Å². The van der Waals surface area contributed by atoms with E-state index in [-0.39, 0.29) is 0 Å². The average molecular weight is 829 g/mol. The fourth-order valence-corrected chi connectivity index (χ4v) is 10.3. The summed E-state index contributed by atoms with van der Waals surface area (Å²) >= 11 is 0.